The van der Waals surface area contributed by atoms with Crippen LogP contribution < -0.4 is 0 Å². The number of esters is 1. The van der Waals surface area contributed by atoms with Crippen molar-refractivity contribution in [2.24, 2.45) is 0 Å². The van der Waals surface area contributed by atoms with Crippen LogP contribution >= 0.6 is 0 Å². The topological polar surface area (TPSA) is 35.5 Å². The molecule has 0 heterocycles. The number of hydrogen-bond acceptors (Lipinski definition) is 3. The molecule has 0 saturated heterocycles. The molecule has 0 aliphatic heterocycles. The summed E-state index contributed by atoms with van der Waals surface area (Å²) < 4.78 is 11.2. The lowest BCUT2D eigenvalue weighted by atomic mass is 10.1. The molecule has 1 atom stereocenters. The highest BCUT2D eigenvalue weighted by molar-refractivity contribution is 6.69. The van der Waals surface area contributed by atoms with Gasteiger partial charge in [0.2, 0.25) is 0 Å². The zero-order valence-electron chi connectivity index (χ0n) is 12.1. The lowest BCUT2D eigenvalue weighted by Crippen LogP contribution is -2.34. The largest absolute Gasteiger partial charge is 0.433 e. The number of carbonyl (C=O) groups is 1. The summed E-state index contributed by atoms with van der Waals surface area (Å²) in [6.07, 6.45) is 0.151. The molecule has 0 amide bonds. The summed E-state index contributed by atoms with van der Waals surface area (Å²) >= 11 is 0. The molecule has 3 nitrogen and oxygen atoms in total. The smallest absolute Gasteiger partial charge is 0.340 e. The third-order valence-corrected chi connectivity index (χ3v) is 3.40. The van der Waals surface area contributed by atoms with Crippen molar-refractivity contribution in [2.75, 3.05) is 0 Å². The van der Waals surface area contributed by atoms with E-state index in [1.807, 2.05) is 37.3 Å². The second-order valence-electron chi connectivity index (χ2n) is 5.32. The molecule has 0 radical (unpaired) electrons. The molecule has 1 unspecified atom stereocenters. The van der Waals surface area contributed by atoms with Crippen LogP contribution in [0.15, 0.2) is 36.9 Å². The van der Waals surface area contributed by atoms with Crippen molar-refractivity contribution in [3.05, 3.63) is 42.5 Å². The Bertz CT molecular complexity index is 434. The van der Waals surface area contributed by atoms with Gasteiger partial charge in [0.05, 0.1) is 5.57 Å². The predicted octanol–water partition coefficient (Wildman–Crippen LogP) is 3.83. The van der Waals surface area contributed by atoms with Gasteiger partial charge in [-0.3, -0.25) is 0 Å². The summed E-state index contributed by atoms with van der Waals surface area (Å²) in [5, 5.41) is 0. The van der Waals surface area contributed by atoms with Crippen molar-refractivity contribution in [3.8, 4) is 0 Å². The van der Waals surface area contributed by atoms with E-state index in [1.54, 1.807) is 0 Å². The Morgan fingerprint density at radius 1 is 1.26 bits per heavy atom. The van der Waals surface area contributed by atoms with Crippen LogP contribution in [0.3, 0.4) is 0 Å². The van der Waals surface area contributed by atoms with E-state index in [9.17, 15) is 4.79 Å². The third-order valence-electron chi connectivity index (χ3n) is 2.43. The molecule has 1 rings (SSSR count). The second kappa shape index (κ2) is 6.68. The SMILES string of the molecule is C=C(C(=O)OC(CC)O[Si](C)(C)C)c1ccccc1. The number of hydrogen-bond donors (Lipinski definition) is 0. The van der Waals surface area contributed by atoms with Gasteiger partial charge in [0.15, 0.2) is 14.6 Å². The third kappa shape index (κ3) is 5.40. The first kappa shape index (κ1) is 15.7. The fraction of sp³-hybridized carbons (Fsp3) is 0.400. The van der Waals surface area contributed by atoms with Crippen LogP contribution in [0.4, 0.5) is 0 Å². The number of carbonyl (C=O) groups excluding carboxylic acids is 1. The minimum absolute atomic E-state index is 0.359. The van der Waals surface area contributed by atoms with Crippen LogP contribution in [0.5, 0.6) is 0 Å². The summed E-state index contributed by atoms with van der Waals surface area (Å²) in [4.78, 5) is 12.0. The van der Waals surface area contributed by atoms with Gasteiger partial charge in [-0.25, -0.2) is 4.79 Å². The van der Waals surface area contributed by atoms with E-state index >= 15 is 0 Å². The molecule has 0 bridgehead atoms. The highest BCUT2D eigenvalue weighted by Crippen LogP contribution is 2.17. The van der Waals surface area contributed by atoms with Gasteiger partial charge in [-0.1, -0.05) is 43.8 Å². The minimum Gasteiger partial charge on any atom is -0.433 e. The van der Waals surface area contributed by atoms with Gasteiger partial charge in [-0.2, -0.15) is 0 Å². The Morgan fingerprint density at radius 3 is 2.32 bits per heavy atom. The first-order chi connectivity index (χ1) is 8.83. The lowest BCUT2D eigenvalue weighted by Gasteiger charge is -2.25. The van der Waals surface area contributed by atoms with Crippen LogP contribution in [-0.2, 0) is 14.0 Å². The van der Waals surface area contributed by atoms with Crippen LogP contribution in [0, 0.1) is 0 Å². The van der Waals surface area contributed by atoms with Gasteiger partial charge >= 0.3 is 5.97 Å². The molecule has 0 fully saturated rings. The Kier molecular flexibility index (Phi) is 5.51. The standard InChI is InChI=1S/C15H22O3Si/c1-6-14(18-19(3,4)5)17-15(16)12(2)13-10-8-7-9-11-13/h7-11,14H,2,6H2,1,3-5H3. The molecule has 4 heteroatoms. The van der Waals surface area contributed by atoms with Crippen LogP contribution in [0.1, 0.15) is 18.9 Å². The van der Waals surface area contributed by atoms with Crippen molar-refractivity contribution < 1.29 is 14.0 Å². The molecule has 0 aliphatic carbocycles. The average Bonchev–Trinajstić information content (AvgIpc) is 2.36. The molecule has 19 heavy (non-hydrogen) atoms. The first-order valence-corrected chi connectivity index (χ1v) is 9.87. The monoisotopic (exact) mass is 278 g/mol. The molecular weight excluding hydrogens is 256 g/mol. The fourth-order valence-corrected chi connectivity index (χ4v) is 2.54. The summed E-state index contributed by atoms with van der Waals surface area (Å²) in [7, 11) is -1.73. The second-order valence-corrected chi connectivity index (χ2v) is 9.78. The molecule has 1 aromatic rings. The molecule has 104 valence electrons. The first-order valence-electron chi connectivity index (χ1n) is 6.46. The van der Waals surface area contributed by atoms with Gasteiger partial charge in [0, 0.05) is 6.42 Å². The van der Waals surface area contributed by atoms with E-state index in [0.717, 1.165) is 5.56 Å². The van der Waals surface area contributed by atoms with Gasteiger partial charge in [0.25, 0.3) is 0 Å². The number of ether oxygens (including phenoxy) is 1. The zero-order valence-corrected chi connectivity index (χ0v) is 13.1. The van der Waals surface area contributed by atoms with Gasteiger partial charge in [-0.15, -0.1) is 0 Å². The quantitative estimate of drug-likeness (QED) is 0.343. The maximum Gasteiger partial charge on any atom is 0.340 e. The summed E-state index contributed by atoms with van der Waals surface area (Å²) in [5.74, 6) is -0.420. The molecule has 0 aromatic heterocycles. The van der Waals surface area contributed by atoms with Gasteiger partial charge in [0.1, 0.15) is 0 Å². The van der Waals surface area contributed by atoms with Crippen LogP contribution in [0.2, 0.25) is 19.6 Å². The lowest BCUT2D eigenvalue weighted by molar-refractivity contribution is -0.157. The molecule has 1 aromatic carbocycles. The number of rotatable bonds is 6. The normalized spacial score (nSPS) is 12.8. The van der Waals surface area contributed by atoms with E-state index in [1.165, 1.54) is 0 Å². The molecule has 0 saturated carbocycles. The van der Waals surface area contributed by atoms with Gasteiger partial charge < -0.3 is 9.16 Å². The Labute approximate surface area is 116 Å². The highest BCUT2D eigenvalue weighted by Gasteiger charge is 2.23. The van der Waals surface area contributed by atoms with E-state index in [4.69, 9.17) is 9.16 Å². The summed E-state index contributed by atoms with van der Waals surface area (Å²) in [6, 6.07) is 9.30. The average molecular weight is 278 g/mol. The van der Waals surface area contributed by atoms with E-state index in [0.29, 0.717) is 12.0 Å². The molecule has 0 N–H and O–H groups in total. The van der Waals surface area contributed by atoms with Crippen molar-refractivity contribution in [2.45, 2.75) is 39.3 Å². The molecule has 0 aliphatic rings. The maximum atomic E-state index is 12.0. The number of benzene rings is 1. The molecular formula is C15H22O3Si. The van der Waals surface area contributed by atoms with Crippen molar-refractivity contribution >= 4 is 19.9 Å². The van der Waals surface area contributed by atoms with Crippen molar-refractivity contribution in [1.82, 2.24) is 0 Å². The summed E-state index contributed by atoms with van der Waals surface area (Å²) in [6.45, 7) is 11.9. The summed E-state index contributed by atoms with van der Waals surface area (Å²) in [5.41, 5.74) is 1.13. The maximum absolute atomic E-state index is 12.0. The molecule has 0 spiro atoms. The predicted molar refractivity (Wildman–Crippen MR) is 80.1 cm³/mol. The Balaban J connectivity index is 2.66. The Hall–Kier alpha value is -1.39. The highest BCUT2D eigenvalue weighted by atomic mass is 28.4. The van der Waals surface area contributed by atoms with E-state index in [-0.39, 0.29) is 0 Å². The fourth-order valence-electron chi connectivity index (χ4n) is 1.53. The van der Waals surface area contributed by atoms with Crippen LogP contribution in [0.25, 0.3) is 5.57 Å². The van der Waals surface area contributed by atoms with E-state index in [2.05, 4.69) is 26.2 Å². The van der Waals surface area contributed by atoms with Crippen molar-refractivity contribution in [1.29, 1.82) is 0 Å². The van der Waals surface area contributed by atoms with Gasteiger partial charge in [-0.05, 0) is 25.2 Å². The minimum atomic E-state index is -1.73. The zero-order chi connectivity index (χ0) is 14.5. The van der Waals surface area contributed by atoms with Crippen LogP contribution in [-0.4, -0.2) is 20.6 Å². The van der Waals surface area contributed by atoms with E-state index < -0.39 is 20.6 Å². The Morgan fingerprint density at radius 2 is 1.84 bits per heavy atom. The van der Waals surface area contributed by atoms with Crippen molar-refractivity contribution in [3.63, 3.8) is 0 Å².